The Morgan fingerprint density at radius 3 is 2.65 bits per heavy atom. The maximum absolute atomic E-state index is 6.05. The molecule has 2 heterocycles. The lowest BCUT2D eigenvalue weighted by atomic mass is 10.1. The number of hydrogen-bond acceptors (Lipinski definition) is 5. The maximum Gasteiger partial charge on any atom is 0.243 e. The summed E-state index contributed by atoms with van der Waals surface area (Å²) in [5, 5.41) is 3.99. The van der Waals surface area contributed by atoms with Gasteiger partial charge in [-0.15, -0.1) is 0 Å². The van der Waals surface area contributed by atoms with Gasteiger partial charge in [0.1, 0.15) is 0 Å². The van der Waals surface area contributed by atoms with Crippen LogP contribution in [-0.2, 0) is 17.8 Å². The van der Waals surface area contributed by atoms with Crippen molar-refractivity contribution in [1.82, 2.24) is 15.0 Å². The molecule has 1 fully saturated rings. The van der Waals surface area contributed by atoms with Crippen molar-refractivity contribution in [3.05, 3.63) is 47.6 Å². The molecular weight excluding hydrogens is 290 g/mol. The van der Waals surface area contributed by atoms with Crippen LogP contribution in [0.2, 0.25) is 0 Å². The molecule has 1 atom stereocenters. The Hall–Kier alpha value is -1.72. The van der Waals surface area contributed by atoms with Gasteiger partial charge in [-0.25, -0.2) is 0 Å². The third kappa shape index (κ3) is 4.18. The summed E-state index contributed by atoms with van der Waals surface area (Å²) >= 11 is 0. The van der Waals surface area contributed by atoms with E-state index in [9.17, 15) is 0 Å². The van der Waals surface area contributed by atoms with Gasteiger partial charge in [0.2, 0.25) is 5.89 Å². The van der Waals surface area contributed by atoms with Crippen molar-refractivity contribution in [1.29, 1.82) is 0 Å². The Labute approximate surface area is 137 Å². The van der Waals surface area contributed by atoms with E-state index in [1.54, 1.807) is 0 Å². The van der Waals surface area contributed by atoms with Crippen LogP contribution in [0.15, 0.2) is 34.9 Å². The van der Waals surface area contributed by atoms with Crippen molar-refractivity contribution < 1.29 is 9.26 Å². The van der Waals surface area contributed by atoms with Crippen LogP contribution >= 0.6 is 0 Å². The summed E-state index contributed by atoms with van der Waals surface area (Å²) in [4.78, 5) is 6.85. The average Bonchev–Trinajstić information content (AvgIpc) is 3.10. The largest absolute Gasteiger partial charge is 0.373 e. The molecule has 0 saturated carbocycles. The summed E-state index contributed by atoms with van der Waals surface area (Å²) in [7, 11) is 0. The van der Waals surface area contributed by atoms with Crippen molar-refractivity contribution in [2.45, 2.75) is 51.9 Å². The molecule has 0 aliphatic carbocycles. The number of likely N-dealkylation sites (tertiary alicyclic amines) is 1. The van der Waals surface area contributed by atoms with Gasteiger partial charge in [0.15, 0.2) is 5.82 Å². The minimum Gasteiger partial charge on any atom is -0.373 e. The quantitative estimate of drug-likeness (QED) is 0.818. The van der Waals surface area contributed by atoms with E-state index in [0.29, 0.717) is 12.7 Å². The topological polar surface area (TPSA) is 51.4 Å². The molecule has 0 amide bonds. The van der Waals surface area contributed by atoms with E-state index in [2.05, 4.69) is 46.2 Å². The highest BCUT2D eigenvalue weighted by Gasteiger charge is 2.26. The number of piperidine rings is 1. The number of benzene rings is 1. The molecule has 3 rings (SSSR count). The Morgan fingerprint density at radius 1 is 1.26 bits per heavy atom. The first-order valence-corrected chi connectivity index (χ1v) is 8.48. The summed E-state index contributed by atoms with van der Waals surface area (Å²) in [6, 6.07) is 10.5. The van der Waals surface area contributed by atoms with E-state index in [1.165, 1.54) is 5.56 Å². The van der Waals surface area contributed by atoms with Gasteiger partial charge in [0, 0.05) is 19.5 Å². The second-order valence-corrected chi connectivity index (χ2v) is 6.11. The van der Waals surface area contributed by atoms with Crippen molar-refractivity contribution in [3.63, 3.8) is 0 Å². The predicted octanol–water partition coefficient (Wildman–Crippen LogP) is 3.37. The first kappa shape index (κ1) is 16.1. The molecule has 0 N–H and O–H groups in total. The van der Waals surface area contributed by atoms with Crippen LogP contribution in [0.25, 0.3) is 0 Å². The lowest BCUT2D eigenvalue weighted by Gasteiger charge is -2.34. The highest BCUT2D eigenvalue weighted by Crippen LogP contribution is 2.24. The number of ether oxygens (including phenoxy) is 1. The summed E-state index contributed by atoms with van der Waals surface area (Å²) in [5.41, 5.74) is 1.24. The van der Waals surface area contributed by atoms with Gasteiger partial charge in [-0.3, -0.25) is 4.90 Å². The molecule has 1 aliphatic rings. The number of aromatic nitrogens is 2. The number of nitrogens with zero attached hydrogens (tertiary/aromatic N) is 3. The van der Waals surface area contributed by atoms with Gasteiger partial charge in [0.25, 0.3) is 0 Å². The summed E-state index contributed by atoms with van der Waals surface area (Å²) < 4.78 is 11.4. The van der Waals surface area contributed by atoms with Crippen LogP contribution in [-0.4, -0.2) is 34.2 Å². The molecule has 0 spiro atoms. The Kier molecular flexibility index (Phi) is 5.41. The summed E-state index contributed by atoms with van der Waals surface area (Å²) in [6.45, 7) is 6.88. The van der Waals surface area contributed by atoms with Crippen LogP contribution < -0.4 is 0 Å². The second-order valence-electron chi connectivity index (χ2n) is 6.11. The molecule has 23 heavy (non-hydrogen) atoms. The maximum atomic E-state index is 6.05. The van der Waals surface area contributed by atoms with E-state index in [4.69, 9.17) is 9.26 Å². The molecule has 1 aliphatic heterocycles. The molecule has 0 unspecified atom stereocenters. The fraction of sp³-hybridized carbons (Fsp3) is 0.556. The van der Waals surface area contributed by atoms with Gasteiger partial charge in [0.05, 0.1) is 18.8 Å². The van der Waals surface area contributed by atoms with Gasteiger partial charge >= 0.3 is 0 Å². The predicted molar refractivity (Wildman–Crippen MR) is 87.9 cm³/mol. The lowest BCUT2D eigenvalue weighted by molar-refractivity contribution is -0.0124. The molecule has 0 radical (unpaired) electrons. The van der Waals surface area contributed by atoms with Gasteiger partial charge in [-0.1, -0.05) is 42.4 Å². The zero-order chi connectivity index (χ0) is 16.1. The summed E-state index contributed by atoms with van der Waals surface area (Å²) in [6.07, 6.45) is 3.25. The average molecular weight is 315 g/mol. The Morgan fingerprint density at radius 2 is 2.00 bits per heavy atom. The minimum absolute atomic E-state index is 0.179. The highest BCUT2D eigenvalue weighted by molar-refractivity contribution is 5.13. The first-order valence-electron chi connectivity index (χ1n) is 8.48. The third-order valence-electron chi connectivity index (χ3n) is 4.51. The Balaban J connectivity index is 1.46. The molecule has 124 valence electrons. The summed E-state index contributed by atoms with van der Waals surface area (Å²) in [5.74, 6) is 1.51. The molecule has 5 heteroatoms. The SMILES string of the molecule is CCc1noc([C@@H](C)N2CCC(OCc3ccccc3)CC2)n1. The molecule has 2 aromatic rings. The lowest BCUT2D eigenvalue weighted by Crippen LogP contribution is -2.38. The molecule has 1 aromatic heterocycles. The van der Waals surface area contributed by atoms with E-state index in [0.717, 1.165) is 44.1 Å². The fourth-order valence-corrected chi connectivity index (χ4v) is 2.96. The third-order valence-corrected chi connectivity index (χ3v) is 4.51. The molecule has 5 nitrogen and oxygen atoms in total. The van der Waals surface area contributed by atoms with Gasteiger partial charge in [-0.05, 0) is 25.3 Å². The molecule has 1 saturated heterocycles. The molecule has 0 bridgehead atoms. The first-order chi connectivity index (χ1) is 11.3. The Bertz CT molecular complexity index is 591. The van der Waals surface area contributed by atoms with Gasteiger partial charge < -0.3 is 9.26 Å². The number of rotatable bonds is 6. The standard InChI is InChI=1S/C18H25N3O2/c1-3-17-19-18(23-20-17)14(2)21-11-9-16(10-12-21)22-13-15-7-5-4-6-8-15/h4-8,14,16H,3,9-13H2,1-2H3/t14-/m1/s1. The van der Waals surface area contributed by atoms with Crippen LogP contribution in [0.5, 0.6) is 0 Å². The van der Waals surface area contributed by atoms with Crippen LogP contribution in [0.4, 0.5) is 0 Å². The van der Waals surface area contributed by atoms with Crippen molar-refractivity contribution in [3.8, 4) is 0 Å². The molecular formula is C18H25N3O2. The number of aryl methyl sites for hydroxylation is 1. The number of hydrogen-bond donors (Lipinski definition) is 0. The van der Waals surface area contributed by atoms with E-state index < -0.39 is 0 Å². The van der Waals surface area contributed by atoms with E-state index in [-0.39, 0.29) is 6.04 Å². The zero-order valence-electron chi connectivity index (χ0n) is 13.9. The zero-order valence-corrected chi connectivity index (χ0v) is 13.9. The van der Waals surface area contributed by atoms with E-state index in [1.807, 2.05) is 13.0 Å². The van der Waals surface area contributed by atoms with Crippen LogP contribution in [0, 0.1) is 0 Å². The second kappa shape index (κ2) is 7.70. The van der Waals surface area contributed by atoms with Gasteiger partial charge in [-0.2, -0.15) is 4.98 Å². The normalized spacial score (nSPS) is 18.2. The molecule has 1 aromatic carbocycles. The van der Waals surface area contributed by atoms with Crippen molar-refractivity contribution in [2.75, 3.05) is 13.1 Å². The minimum atomic E-state index is 0.179. The fourth-order valence-electron chi connectivity index (χ4n) is 2.96. The smallest absolute Gasteiger partial charge is 0.243 e. The highest BCUT2D eigenvalue weighted by atomic mass is 16.5. The van der Waals surface area contributed by atoms with Crippen molar-refractivity contribution >= 4 is 0 Å². The van der Waals surface area contributed by atoms with E-state index >= 15 is 0 Å². The monoisotopic (exact) mass is 315 g/mol. The van der Waals surface area contributed by atoms with Crippen LogP contribution in [0.3, 0.4) is 0 Å². The van der Waals surface area contributed by atoms with Crippen LogP contribution in [0.1, 0.15) is 50.0 Å². The van der Waals surface area contributed by atoms with Crippen molar-refractivity contribution in [2.24, 2.45) is 0 Å².